The minimum atomic E-state index is -0.244. The normalized spacial score (nSPS) is 14.6. The maximum Gasteiger partial charge on any atom is 0.194 e. The third-order valence-corrected chi connectivity index (χ3v) is 4.14. The maximum atomic E-state index is 13.7. The Balaban J connectivity index is 1.89. The molecule has 0 unspecified atom stereocenters. The molecule has 0 aromatic heterocycles. The number of halogens is 1. The van der Waals surface area contributed by atoms with Crippen LogP contribution in [0.25, 0.3) is 0 Å². The average molecular weight is 351 g/mol. The van der Waals surface area contributed by atoms with E-state index in [1.54, 1.807) is 13.2 Å². The summed E-state index contributed by atoms with van der Waals surface area (Å²) in [5, 5.41) is 3.29. The van der Waals surface area contributed by atoms with Gasteiger partial charge in [0.1, 0.15) is 5.82 Å². The minimum absolute atomic E-state index is 0.244. The second-order valence-corrected chi connectivity index (χ2v) is 6.47. The van der Waals surface area contributed by atoms with Gasteiger partial charge in [-0.15, -0.1) is 0 Å². The number of guanidine groups is 1. The molecule has 1 fully saturated rings. The van der Waals surface area contributed by atoms with Crippen LogP contribution in [0.5, 0.6) is 0 Å². The number of likely N-dealkylation sites (N-methyl/N-ethyl adjacent to an activating group) is 1. The first-order valence-electron chi connectivity index (χ1n) is 8.97. The van der Waals surface area contributed by atoms with Crippen LogP contribution in [0.15, 0.2) is 23.2 Å². The van der Waals surface area contributed by atoms with Gasteiger partial charge in [-0.25, -0.2) is 9.38 Å². The molecule has 6 heteroatoms. The summed E-state index contributed by atoms with van der Waals surface area (Å²) in [5.74, 6) is 1.37. The zero-order chi connectivity index (χ0) is 18.1. The fraction of sp³-hybridized carbons (Fsp3) is 0.632. The summed E-state index contributed by atoms with van der Waals surface area (Å²) in [4.78, 5) is 6.72. The van der Waals surface area contributed by atoms with Crippen molar-refractivity contribution in [1.82, 2.24) is 10.2 Å². The summed E-state index contributed by atoms with van der Waals surface area (Å²) in [6.45, 7) is 5.96. The molecule has 25 heavy (non-hydrogen) atoms. The Morgan fingerprint density at radius 2 is 2.20 bits per heavy atom. The lowest BCUT2D eigenvalue weighted by molar-refractivity contribution is 0.115. The highest BCUT2D eigenvalue weighted by Crippen LogP contribution is 2.28. The van der Waals surface area contributed by atoms with Crippen LogP contribution in [0, 0.1) is 11.7 Å². The third-order valence-electron chi connectivity index (χ3n) is 4.14. The van der Waals surface area contributed by atoms with Crippen LogP contribution in [-0.4, -0.2) is 51.3 Å². The van der Waals surface area contributed by atoms with E-state index in [1.807, 2.05) is 20.0 Å². The molecule has 5 nitrogen and oxygen atoms in total. The second kappa shape index (κ2) is 10.4. The van der Waals surface area contributed by atoms with Gasteiger partial charge < -0.3 is 19.7 Å². The Hall–Kier alpha value is -1.66. The molecule has 1 aliphatic rings. The van der Waals surface area contributed by atoms with E-state index in [4.69, 9.17) is 9.47 Å². The van der Waals surface area contributed by atoms with Crippen LogP contribution in [0.2, 0.25) is 0 Å². The number of aliphatic imine (C=N–C) groups is 1. The van der Waals surface area contributed by atoms with Crippen molar-refractivity contribution >= 4 is 5.96 Å². The van der Waals surface area contributed by atoms with Crippen LogP contribution in [-0.2, 0) is 22.6 Å². The van der Waals surface area contributed by atoms with Crippen molar-refractivity contribution in [3.63, 3.8) is 0 Å². The van der Waals surface area contributed by atoms with E-state index in [0.29, 0.717) is 18.7 Å². The summed E-state index contributed by atoms with van der Waals surface area (Å²) >= 11 is 0. The lowest BCUT2D eigenvalue weighted by Crippen LogP contribution is -2.40. The number of ether oxygens (including phenoxy) is 2. The van der Waals surface area contributed by atoms with E-state index >= 15 is 0 Å². The lowest BCUT2D eigenvalue weighted by Gasteiger charge is -2.22. The third kappa shape index (κ3) is 7.00. The Morgan fingerprint density at radius 3 is 2.88 bits per heavy atom. The first-order valence-corrected chi connectivity index (χ1v) is 8.97. The van der Waals surface area contributed by atoms with Gasteiger partial charge in [0, 0.05) is 39.4 Å². The second-order valence-electron chi connectivity index (χ2n) is 6.47. The number of nitrogens with one attached hydrogen (secondary N) is 1. The molecular formula is C19H30FN3O2. The Bertz CT molecular complexity index is 562. The fourth-order valence-electron chi connectivity index (χ4n) is 2.47. The van der Waals surface area contributed by atoms with E-state index < -0.39 is 0 Å². The molecule has 1 aromatic rings. The number of hydrogen-bond donors (Lipinski definition) is 1. The van der Waals surface area contributed by atoms with E-state index in [2.05, 4.69) is 15.2 Å². The van der Waals surface area contributed by atoms with E-state index in [0.717, 1.165) is 37.1 Å². The molecule has 0 bridgehead atoms. The van der Waals surface area contributed by atoms with Crippen molar-refractivity contribution in [3.05, 3.63) is 35.1 Å². The van der Waals surface area contributed by atoms with Gasteiger partial charge in [-0.1, -0.05) is 6.07 Å². The number of nitrogens with zero attached hydrogens (tertiary/aromatic N) is 2. The predicted molar refractivity (Wildman–Crippen MR) is 98.1 cm³/mol. The van der Waals surface area contributed by atoms with Crippen LogP contribution in [0.4, 0.5) is 4.39 Å². The molecule has 2 rings (SSSR count). The van der Waals surface area contributed by atoms with Gasteiger partial charge in [-0.2, -0.15) is 0 Å². The molecule has 1 N–H and O–H groups in total. The first-order chi connectivity index (χ1) is 12.1. The quantitative estimate of drug-likeness (QED) is 0.400. The maximum absolute atomic E-state index is 13.7. The molecular weight excluding hydrogens is 321 g/mol. The summed E-state index contributed by atoms with van der Waals surface area (Å²) in [5.41, 5.74) is 1.52. The van der Waals surface area contributed by atoms with Gasteiger partial charge in [0.25, 0.3) is 0 Å². The first kappa shape index (κ1) is 19.7. The van der Waals surface area contributed by atoms with Gasteiger partial charge in [0.2, 0.25) is 0 Å². The molecule has 0 heterocycles. The molecule has 140 valence electrons. The van der Waals surface area contributed by atoms with Crippen molar-refractivity contribution in [2.45, 2.75) is 32.9 Å². The highest BCUT2D eigenvalue weighted by molar-refractivity contribution is 5.79. The molecule has 0 amide bonds. The van der Waals surface area contributed by atoms with Gasteiger partial charge in [0.05, 0.1) is 19.8 Å². The molecule has 0 atom stereocenters. The Morgan fingerprint density at radius 1 is 1.40 bits per heavy atom. The molecule has 0 spiro atoms. The van der Waals surface area contributed by atoms with E-state index in [1.165, 1.54) is 18.9 Å². The van der Waals surface area contributed by atoms with Crippen LogP contribution < -0.4 is 5.32 Å². The predicted octanol–water partition coefficient (Wildman–Crippen LogP) is 2.80. The van der Waals surface area contributed by atoms with Crippen molar-refractivity contribution in [2.75, 3.05) is 40.5 Å². The monoisotopic (exact) mass is 351 g/mol. The molecule has 1 saturated carbocycles. The van der Waals surface area contributed by atoms with Gasteiger partial charge in [-0.3, -0.25) is 0 Å². The number of benzene rings is 1. The molecule has 0 radical (unpaired) electrons. The molecule has 1 aliphatic carbocycles. The minimum Gasteiger partial charge on any atom is -0.380 e. The highest BCUT2D eigenvalue weighted by atomic mass is 19.1. The SMILES string of the molecule is CCNC(=NCc1ccc(F)c(COC)c1)N(C)CCOCC1CC1. The van der Waals surface area contributed by atoms with Crippen LogP contribution in [0.3, 0.4) is 0 Å². The molecule has 0 aliphatic heterocycles. The van der Waals surface area contributed by atoms with Crippen molar-refractivity contribution < 1.29 is 13.9 Å². The number of hydrogen-bond acceptors (Lipinski definition) is 3. The van der Waals surface area contributed by atoms with Crippen LogP contribution in [0.1, 0.15) is 30.9 Å². The summed E-state index contributed by atoms with van der Waals surface area (Å²) in [7, 11) is 3.57. The van der Waals surface area contributed by atoms with Gasteiger partial charge in [-0.05, 0) is 43.4 Å². The summed E-state index contributed by atoms with van der Waals surface area (Å²) < 4.78 is 24.4. The average Bonchev–Trinajstić information content (AvgIpc) is 3.42. The smallest absolute Gasteiger partial charge is 0.194 e. The standard InChI is InChI=1S/C19H30FN3O2/c1-4-21-19(23(2)9-10-25-13-15-5-6-15)22-12-16-7-8-18(20)17(11-16)14-24-3/h7-8,11,15H,4-6,9-10,12-14H2,1-3H3,(H,21,22). The fourth-order valence-corrected chi connectivity index (χ4v) is 2.47. The summed E-state index contributed by atoms with van der Waals surface area (Å²) in [6, 6.07) is 5.05. The van der Waals surface area contributed by atoms with Crippen molar-refractivity contribution in [2.24, 2.45) is 10.9 Å². The zero-order valence-corrected chi connectivity index (χ0v) is 15.6. The Kier molecular flexibility index (Phi) is 8.15. The molecule has 1 aromatic carbocycles. The van der Waals surface area contributed by atoms with Crippen molar-refractivity contribution in [3.8, 4) is 0 Å². The topological polar surface area (TPSA) is 46.1 Å². The largest absolute Gasteiger partial charge is 0.380 e. The number of rotatable bonds is 10. The lowest BCUT2D eigenvalue weighted by atomic mass is 10.1. The van der Waals surface area contributed by atoms with E-state index in [-0.39, 0.29) is 12.4 Å². The zero-order valence-electron chi connectivity index (χ0n) is 15.6. The van der Waals surface area contributed by atoms with Gasteiger partial charge >= 0.3 is 0 Å². The molecule has 0 saturated heterocycles. The Labute approximate surface area is 150 Å². The highest BCUT2D eigenvalue weighted by Gasteiger charge is 2.21. The summed E-state index contributed by atoms with van der Waals surface area (Å²) in [6.07, 6.45) is 2.62. The van der Waals surface area contributed by atoms with E-state index in [9.17, 15) is 4.39 Å². The van der Waals surface area contributed by atoms with Gasteiger partial charge in [0.15, 0.2) is 5.96 Å². The van der Waals surface area contributed by atoms with Crippen molar-refractivity contribution in [1.29, 1.82) is 0 Å². The number of methoxy groups -OCH3 is 1. The van der Waals surface area contributed by atoms with Crippen LogP contribution >= 0.6 is 0 Å².